The van der Waals surface area contributed by atoms with Crippen molar-refractivity contribution < 1.29 is 9.90 Å². The Balaban J connectivity index is 1.88. The van der Waals surface area contributed by atoms with Gasteiger partial charge in [0.05, 0.1) is 11.6 Å². The van der Waals surface area contributed by atoms with Crippen LogP contribution in [0.1, 0.15) is 45.1 Å². The minimum Gasteiger partial charge on any atom is -0.393 e. The lowest BCUT2D eigenvalue weighted by atomic mass is 9.93. The van der Waals surface area contributed by atoms with Crippen molar-refractivity contribution >= 4 is 6.03 Å². The van der Waals surface area contributed by atoms with Crippen LogP contribution in [0.2, 0.25) is 0 Å². The number of benzene rings is 1. The fourth-order valence-electron chi connectivity index (χ4n) is 2.65. The molecule has 1 aliphatic carbocycles. The molecule has 1 aliphatic rings. The average Bonchev–Trinajstić information content (AvgIpc) is 2.42. The summed E-state index contributed by atoms with van der Waals surface area (Å²) in [6.45, 7) is 3.99. The van der Waals surface area contributed by atoms with Crippen LogP contribution < -0.4 is 10.6 Å². The van der Waals surface area contributed by atoms with Crippen molar-refractivity contribution in [1.29, 1.82) is 0 Å². The summed E-state index contributed by atoms with van der Waals surface area (Å²) in [5.74, 6) is 0. The number of amides is 2. The highest BCUT2D eigenvalue weighted by molar-refractivity contribution is 5.75. The zero-order chi connectivity index (χ0) is 14.6. The van der Waals surface area contributed by atoms with Gasteiger partial charge in [-0.3, -0.25) is 0 Å². The number of rotatable bonds is 3. The van der Waals surface area contributed by atoms with E-state index in [1.165, 1.54) is 0 Å². The van der Waals surface area contributed by atoms with E-state index >= 15 is 0 Å². The minimum absolute atomic E-state index is 0.139. The van der Waals surface area contributed by atoms with E-state index in [1.54, 1.807) is 0 Å². The van der Waals surface area contributed by atoms with Gasteiger partial charge in [0, 0.05) is 6.04 Å². The van der Waals surface area contributed by atoms with Crippen LogP contribution in [-0.4, -0.2) is 23.3 Å². The Labute approximate surface area is 120 Å². The molecule has 0 radical (unpaired) electrons. The fourth-order valence-corrected chi connectivity index (χ4v) is 2.65. The lowest BCUT2D eigenvalue weighted by Gasteiger charge is -2.30. The monoisotopic (exact) mass is 276 g/mol. The maximum absolute atomic E-state index is 12.1. The summed E-state index contributed by atoms with van der Waals surface area (Å²) in [5.41, 5.74) is 0.675. The third-order valence-electron chi connectivity index (χ3n) is 3.95. The summed E-state index contributed by atoms with van der Waals surface area (Å²) in [7, 11) is 0. The molecule has 1 saturated carbocycles. The van der Waals surface area contributed by atoms with Gasteiger partial charge < -0.3 is 15.7 Å². The number of carbonyl (C=O) groups is 1. The van der Waals surface area contributed by atoms with E-state index in [-0.39, 0.29) is 18.2 Å². The Morgan fingerprint density at radius 3 is 2.35 bits per heavy atom. The molecule has 2 amide bonds. The van der Waals surface area contributed by atoms with E-state index in [2.05, 4.69) is 10.6 Å². The molecule has 0 heterocycles. The van der Waals surface area contributed by atoms with Gasteiger partial charge in [0.1, 0.15) is 0 Å². The summed E-state index contributed by atoms with van der Waals surface area (Å²) < 4.78 is 0. The lowest BCUT2D eigenvalue weighted by molar-refractivity contribution is 0.117. The first-order chi connectivity index (χ1) is 9.47. The molecule has 4 nitrogen and oxygen atoms in total. The van der Waals surface area contributed by atoms with Crippen molar-refractivity contribution in [1.82, 2.24) is 10.6 Å². The van der Waals surface area contributed by atoms with E-state index in [0.29, 0.717) is 0 Å². The van der Waals surface area contributed by atoms with Gasteiger partial charge in [0.25, 0.3) is 0 Å². The van der Waals surface area contributed by atoms with Crippen molar-refractivity contribution in [3.05, 3.63) is 35.9 Å². The first-order valence-corrected chi connectivity index (χ1v) is 7.29. The predicted octanol–water partition coefficient (Wildman–Crippen LogP) is 2.52. The molecule has 2 rings (SSSR count). The zero-order valence-electron chi connectivity index (χ0n) is 12.2. The molecule has 1 aromatic rings. The number of aliphatic hydroxyl groups is 1. The van der Waals surface area contributed by atoms with E-state index < -0.39 is 5.54 Å². The van der Waals surface area contributed by atoms with Gasteiger partial charge in [-0.05, 0) is 45.1 Å². The summed E-state index contributed by atoms with van der Waals surface area (Å²) >= 11 is 0. The van der Waals surface area contributed by atoms with Crippen LogP contribution in [0.5, 0.6) is 0 Å². The van der Waals surface area contributed by atoms with Crippen LogP contribution in [0.4, 0.5) is 4.79 Å². The van der Waals surface area contributed by atoms with Crippen molar-refractivity contribution in [2.45, 2.75) is 57.2 Å². The van der Waals surface area contributed by atoms with Crippen LogP contribution in [0.3, 0.4) is 0 Å². The average molecular weight is 276 g/mol. The summed E-state index contributed by atoms with van der Waals surface area (Å²) in [5, 5.41) is 15.5. The highest BCUT2D eigenvalue weighted by atomic mass is 16.3. The van der Waals surface area contributed by atoms with Crippen LogP contribution in [0.15, 0.2) is 30.3 Å². The number of aliphatic hydroxyl groups excluding tert-OH is 1. The zero-order valence-corrected chi connectivity index (χ0v) is 12.2. The van der Waals surface area contributed by atoms with E-state index in [9.17, 15) is 9.90 Å². The molecule has 1 aromatic carbocycles. The third-order valence-corrected chi connectivity index (χ3v) is 3.95. The number of carbonyl (C=O) groups excluding carboxylic acids is 1. The molecule has 20 heavy (non-hydrogen) atoms. The maximum Gasteiger partial charge on any atom is 0.315 e. The van der Waals surface area contributed by atoms with Crippen LogP contribution in [0, 0.1) is 0 Å². The molecule has 0 bridgehead atoms. The number of urea groups is 1. The molecule has 0 aliphatic heterocycles. The van der Waals surface area contributed by atoms with Gasteiger partial charge in [-0.15, -0.1) is 0 Å². The van der Waals surface area contributed by atoms with E-state index in [4.69, 9.17) is 0 Å². The number of hydrogen-bond acceptors (Lipinski definition) is 2. The predicted molar refractivity (Wildman–Crippen MR) is 79.4 cm³/mol. The number of hydrogen-bond donors (Lipinski definition) is 3. The Morgan fingerprint density at radius 2 is 1.75 bits per heavy atom. The molecule has 0 unspecified atom stereocenters. The van der Waals surface area contributed by atoms with Gasteiger partial charge in [0.15, 0.2) is 0 Å². The van der Waals surface area contributed by atoms with Gasteiger partial charge in [-0.25, -0.2) is 4.79 Å². The fraction of sp³-hybridized carbons (Fsp3) is 0.562. The highest BCUT2D eigenvalue weighted by Crippen LogP contribution is 2.20. The smallest absolute Gasteiger partial charge is 0.315 e. The largest absolute Gasteiger partial charge is 0.393 e. The van der Waals surface area contributed by atoms with Gasteiger partial charge in [-0.2, -0.15) is 0 Å². The Kier molecular flexibility index (Phi) is 4.65. The quantitative estimate of drug-likeness (QED) is 0.794. The van der Waals surface area contributed by atoms with Crippen molar-refractivity contribution in [3.63, 3.8) is 0 Å². The topological polar surface area (TPSA) is 61.4 Å². The van der Waals surface area contributed by atoms with Crippen LogP contribution >= 0.6 is 0 Å². The molecular weight excluding hydrogens is 252 g/mol. The first kappa shape index (κ1) is 14.9. The number of nitrogens with one attached hydrogen (secondary N) is 2. The van der Waals surface area contributed by atoms with Crippen LogP contribution in [0.25, 0.3) is 0 Å². The molecular formula is C16H24N2O2. The van der Waals surface area contributed by atoms with Gasteiger partial charge in [-0.1, -0.05) is 30.3 Å². The van der Waals surface area contributed by atoms with Gasteiger partial charge >= 0.3 is 6.03 Å². The summed E-state index contributed by atoms with van der Waals surface area (Å²) in [4.78, 5) is 12.1. The lowest BCUT2D eigenvalue weighted by Crippen LogP contribution is -2.50. The molecule has 0 atom stereocenters. The summed E-state index contributed by atoms with van der Waals surface area (Å²) in [6, 6.07) is 9.96. The second kappa shape index (κ2) is 6.27. The van der Waals surface area contributed by atoms with Crippen molar-refractivity contribution in [3.8, 4) is 0 Å². The minimum atomic E-state index is -0.403. The molecule has 1 fully saturated rings. The van der Waals surface area contributed by atoms with Crippen molar-refractivity contribution in [2.75, 3.05) is 0 Å². The van der Waals surface area contributed by atoms with Gasteiger partial charge in [0.2, 0.25) is 0 Å². The first-order valence-electron chi connectivity index (χ1n) is 7.29. The SMILES string of the molecule is CC(C)(NC(=O)NC1CCC(O)CC1)c1ccccc1. The molecule has 0 aromatic heterocycles. The molecule has 0 spiro atoms. The Morgan fingerprint density at radius 1 is 1.15 bits per heavy atom. The summed E-state index contributed by atoms with van der Waals surface area (Å²) in [6.07, 6.45) is 3.04. The van der Waals surface area contributed by atoms with Crippen molar-refractivity contribution in [2.24, 2.45) is 0 Å². The maximum atomic E-state index is 12.1. The Hall–Kier alpha value is -1.55. The molecule has 3 N–H and O–H groups in total. The normalized spacial score (nSPS) is 23.1. The Bertz CT molecular complexity index is 437. The second-order valence-corrected chi connectivity index (χ2v) is 6.09. The standard InChI is InChI=1S/C16H24N2O2/c1-16(2,12-6-4-3-5-7-12)18-15(20)17-13-8-10-14(19)11-9-13/h3-7,13-14,19H,8-11H2,1-2H3,(H2,17,18,20). The third kappa shape index (κ3) is 3.97. The molecule has 4 heteroatoms. The highest BCUT2D eigenvalue weighted by Gasteiger charge is 2.25. The van der Waals surface area contributed by atoms with Crippen LogP contribution in [-0.2, 0) is 5.54 Å². The molecule has 0 saturated heterocycles. The van der Waals surface area contributed by atoms with E-state index in [1.807, 2.05) is 44.2 Å². The van der Waals surface area contributed by atoms with E-state index in [0.717, 1.165) is 31.2 Å². The second-order valence-electron chi connectivity index (χ2n) is 6.09. The molecule has 110 valence electrons.